The average molecular weight is 209 g/mol. The van der Waals surface area contributed by atoms with Crippen LogP contribution in [-0.2, 0) is 6.54 Å². The maximum Gasteiger partial charge on any atom is 0.146 e. The average Bonchev–Trinajstić information content (AvgIpc) is 2.66. The van der Waals surface area contributed by atoms with Gasteiger partial charge >= 0.3 is 0 Å². The number of nitrogens with zero attached hydrogens (tertiary/aromatic N) is 3. The van der Waals surface area contributed by atoms with Crippen molar-refractivity contribution in [3.63, 3.8) is 0 Å². The summed E-state index contributed by atoms with van der Waals surface area (Å²) >= 11 is 6.02. The lowest BCUT2D eigenvalue weighted by molar-refractivity contribution is 0.790. The van der Waals surface area contributed by atoms with Crippen molar-refractivity contribution >= 4 is 11.6 Å². The van der Waals surface area contributed by atoms with Gasteiger partial charge in [-0.05, 0) is 12.1 Å². The largest absolute Gasteiger partial charge is 0.324 e. The van der Waals surface area contributed by atoms with Crippen LogP contribution < -0.4 is 5.73 Å². The quantitative estimate of drug-likeness (QED) is 0.811. The van der Waals surface area contributed by atoms with Gasteiger partial charge in [-0.15, -0.1) is 0 Å². The molecule has 2 N–H and O–H groups in total. The Morgan fingerprint density at radius 3 is 2.86 bits per heavy atom. The standard InChI is InChI=1S/C9H9ClN4/c10-7-3-1-2-4-8(7)14-9(5-11)12-6-13-14/h1-4,6H,5,11H2. The lowest BCUT2D eigenvalue weighted by Crippen LogP contribution is -2.08. The Balaban J connectivity index is 2.54. The smallest absolute Gasteiger partial charge is 0.146 e. The van der Waals surface area contributed by atoms with Gasteiger partial charge in [-0.3, -0.25) is 0 Å². The number of nitrogens with two attached hydrogens (primary N) is 1. The van der Waals surface area contributed by atoms with Crippen molar-refractivity contribution < 1.29 is 0 Å². The third-order valence-electron chi connectivity index (χ3n) is 1.88. The Hall–Kier alpha value is -1.39. The summed E-state index contributed by atoms with van der Waals surface area (Å²) in [5.41, 5.74) is 6.31. The van der Waals surface area contributed by atoms with Crippen molar-refractivity contribution in [3.05, 3.63) is 41.4 Å². The Labute approximate surface area is 86.3 Å². The maximum absolute atomic E-state index is 6.02. The van der Waals surface area contributed by atoms with Gasteiger partial charge in [0.1, 0.15) is 12.2 Å². The van der Waals surface area contributed by atoms with Crippen molar-refractivity contribution in [1.82, 2.24) is 14.8 Å². The second-order valence-corrected chi connectivity index (χ2v) is 3.15. The molecule has 0 fully saturated rings. The molecule has 0 unspecified atom stereocenters. The van der Waals surface area contributed by atoms with Crippen LogP contribution >= 0.6 is 11.6 Å². The third kappa shape index (κ3) is 1.49. The van der Waals surface area contributed by atoms with Crippen LogP contribution in [0.2, 0.25) is 5.02 Å². The Kier molecular flexibility index (Phi) is 2.47. The van der Waals surface area contributed by atoms with E-state index in [1.807, 2.05) is 18.2 Å². The lowest BCUT2D eigenvalue weighted by atomic mass is 10.3. The van der Waals surface area contributed by atoms with E-state index in [1.165, 1.54) is 6.33 Å². The number of hydrogen-bond donors (Lipinski definition) is 1. The van der Waals surface area contributed by atoms with Gasteiger partial charge in [0.05, 0.1) is 17.3 Å². The monoisotopic (exact) mass is 208 g/mol. The van der Waals surface area contributed by atoms with E-state index in [1.54, 1.807) is 10.7 Å². The number of hydrogen-bond acceptors (Lipinski definition) is 3. The van der Waals surface area contributed by atoms with Crippen LogP contribution in [0.25, 0.3) is 5.69 Å². The molecule has 0 amide bonds. The van der Waals surface area contributed by atoms with E-state index in [-0.39, 0.29) is 0 Å². The fraction of sp³-hybridized carbons (Fsp3) is 0.111. The van der Waals surface area contributed by atoms with Crippen molar-refractivity contribution in [2.75, 3.05) is 0 Å². The van der Waals surface area contributed by atoms with E-state index in [9.17, 15) is 0 Å². The SMILES string of the molecule is NCc1ncnn1-c1ccccc1Cl. The number of halogens is 1. The molecule has 0 aliphatic carbocycles. The molecule has 2 aromatic rings. The fourth-order valence-electron chi connectivity index (χ4n) is 1.23. The first kappa shape index (κ1) is 9.18. The summed E-state index contributed by atoms with van der Waals surface area (Å²) in [4.78, 5) is 4.02. The van der Waals surface area contributed by atoms with Crippen LogP contribution in [-0.4, -0.2) is 14.8 Å². The third-order valence-corrected chi connectivity index (χ3v) is 2.20. The molecule has 0 spiro atoms. The summed E-state index contributed by atoms with van der Waals surface area (Å²) in [6.45, 7) is 0.339. The fourth-order valence-corrected chi connectivity index (χ4v) is 1.45. The van der Waals surface area contributed by atoms with Gasteiger partial charge in [0.25, 0.3) is 0 Å². The number of rotatable bonds is 2. The second kappa shape index (κ2) is 3.77. The van der Waals surface area contributed by atoms with E-state index in [0.717, 1.165) is 5.69 Å². The van der Waals surface area contributed by atoms with Crippen LogP contribution in [0.4, 0.5) is 0 Å². The predicted molar refractivity (Wildman–Crippen MR) is 54.3 cm³/mol. The first-order valence-corrected chi connectivity index (χ1v) is 4.54. The molecular formula is C9H9ClN4. The molecule has 0 radical (unpaired) electrons. The highest BCUT2D eigenvalue weighted by Gasteiger charge is 2.07. The summed E-state index contributed by atoms with van der Waals surface area (Å²) in [5, 5.41) is 4.69. The zero-order valence-electron chi connectivity index (χ0n) is 7.39. The molecule has 0 bridgehead atoms. The zero-order valence-corrected chi connectivity index (χ0v) is 8.15. The highest BCUT2D eigenvalue weighted by molar-refractivity contribution is 6.32. The molecule has 14 heavy (non-hydrogen) atoms. The molecule has 0 saturated carbocycles. The van der Waals surface area contributed by atoms with E-state index < -0.39 is 0 Å². The molecule has 5 heteroatoms. The minimum atomic E-state index is 0.339. The van der Waals surface area contributed by atoms with E-state index >= 15 is 0 Å². The summed E-state index contributed by atoms with van der Waals surface area (Å²) in [6, 6.07) is 7.43. The summed E-state index contributed by atoms with van der Waals surface area (Å²) < 4.78 is 1.64. The highest BCUT2D eigenvalue weighted by Crippen LogP contribution is 2.19. The van der Waals surface area contributed by atoms with Gasteiger partial charge in [-0.2, -0.15) is 5.10 Å². The van der Waals surface area contributed by atoms with Crippen LogP contribution in [0.5, 0.6) is 0 Å². The first-order valence-electron chi connectivity index (χ1n) is 4.17. The van der Waals surface area contributed by atoms with Crippen molar-refractivity contribution in [1.29, 1.82) is 0 Å². The molecule has 1 aromatic carbocycles. The Morgan fingerprint density at radius 2 is 2.14 bits per heavy atom. The Morgan fingerprint density at radius 1 is 1.36 bits per heavy atom. The van der Waals surface area contributed by atoms with Crippen LogP contribution in [0.15, 0.2) is 30.6 Å². The summed E-state index contributed by atoms with van der Waals surface area (Å²) in [6.07, 6.45) is 1.46. The lowest BCUT2D eigenvalue weighted by Gasteiger charge is -2.05. The van der Waals surface area contributed by atoms with Crippen LogP contribution in [0.1, 0.15) is 5.82 Å². The van der Waals surface area contributed by atoms with Crippen LogP contribution in [0, 0.1) is 0 Å². The molecule has 0 atom stereocenters. The molecule has 72 valence electrons. The highest BCUT2D eigenvalue weighted by atomic mass is 35.5. The van der Waals surface area contributed by atoms with Crippen molar-refractivity contribution in [2.45, 2.75) is 6.54 Å². The molecule has 1 aromatic heterocycles. The number of benzene rings is 1. The van der Waals surface area contributed by atoms with E-state index in [0.29, 0.717) is 17.4 Å². The molecule has 2 rings (SSSR count). The summed E-state index contributed by atoms with van der Waals surface area (Å²) in [7, 11) is 0. The molecule has 0 aliphatic heterocycles. The topological polar surface area (TPSA) is 56.7 Å². The van der Waals surface area contributed by atoms with E-state index in [2.05, 4.69) is 10.1 Å². The van der Waals surface area contributed by atoms with Crippen molar-refractivity contribution in [3.8, 4) is 5.69 Å². The van der Waals surface area contributed by atoms with Gasteiger partial charge in [0, 0.05) is 0 Å². The van der Waals surface area contributed by atoms with Crippen molar-refractivity contribution in [2.24, 2.45) is 5.73 Å². The number of para-hydroxylation sites is 1. The van der Waals surface area contributed by atoms with Gasteiger partial charge in [0.15, 0.2) is 0 Å². The first-order chi connectivity index (χ1) is 6.83. The molecule has 0 aliphatic rings. The minimum absolute atomic E-state index is 0.339. The second-order valence-electron chi connectivity index (χ2n) is 2.74. The molecule has 4 nitrogen and oxygen atoms in total. The normalized spacial score (nSPS) is 10.4. The maximum atomic E-state index is 6.02. The van der Waals surface area contributed by atoms with Gasteiger partial charge in [-0.25, -0.2) is 9.67 Å². The summed E-state index contributed by atoms with van der Waals surface area (Å²) in [5.74, 6) is 0.693. The van der Waals surface area contributed by atoms with Gasteiger partial charge in [0.2, 0.25) is 0 Å². The minimum Gasteiger partial charge on any atom is -0.324 e. The van der Waals surface area contributed by atoms with E-state index in [4.69, 9.17) is 17.3 Å². The predicted octanol–water partition coefficient (Wildman–Crippen LogP) is 1.38. The molecule has 0 saturated heterocycles. The number of aromatic nitrogens is 3. The molecular weight excluding hydrogens is 200 g/mol. The van der Waals surface area contributed by atoms with Gasteiger partial charge < -0.3 is 5.73 Å². The Bertz CT molecular complexity index is 438. The van der Waals surface area contributed by atoms with Gasteiger partial charge in [-0.1, -0.05) is 23.7 Å². The zero-order chi connectivity index (χ0) is 9.97. The van der Waals surface area contributed by atoms with Crippen LogP contribution in [0.3, 0.4) is 0 Å². The molecule has 1 heterocycles.